The Balaban J connectivity index is 2.41. The highest BCUT2D eigenvalue weighted by Crippen LogP contribution is 2.21. The summed E-state index contributed by atoms with van der Waals surface area (Å²) in [4.78, 5) is 10.8. The monoisotopic (exact) mass is 185 g/mol. The molecular weight excluding hydrogens is 166 g/mol. The lowest BCUT2D eigenvalue weighted by atomic mass is 9.92. The molecule has 13 heavy (non-hydrogen) atoms. The molecule has 0 amide bonds. The minimum Gasteiger partial charge on any atom is -0.461 e. The first kappa shape index (κ1) is 10.5. The predicted molar refractivity (Wildman–Crippen MR) is 51.5 cm³/mol. The van der Waals surface area contributed by atoms with Gasteiger partial charge in [0.25, 0.3) is 0 Å². The van der Waals surface area contributed by atoms with E-state index in [1.165, 1.54) is 19.8 Å². The number of rotatable bonds is 3. The van der Waals surface area contributed by atoms with E-state index >= 15 is 0 Å². The summed E-state index contributed by atoms with van der Waals surface area (Å²) >= 11 is 0. The zero-order valence-electron chi connectivity index (χ0n) is 8.51. The van der Waals surface area contributed by atoms with E-state index in [9.17, 15) is 4.79 Å². The van der Waals surface area contributed by atoms with Crippen LogP contribution in [0.4, 0.5) is 0 Å². The van der Waals surface area contributed by atoms with Gasteiger partial charge in [0.2, 0.25) is 0 Å². The molecule has 0 aromatic carbocycles. The quantitative estimate of drug-likeness (QED) is 0.677. The van der Waals surface area contributed by atoms with E-state index in [2.05, 4.69) is 12.2 Å². The van der Waals surface area contributed by atoms with Gasteiger partial charge >= 0.3 is 5.97 Å². The molecule has 0 heterocycles. The molecule has 0 radical (unpaired) electrons. The Labute approximate surface area is 79.8 Å². The van der Waals surface area contributed by atoms with Crippen LogP contribution in [0.1, 0.15) is 39.5 Å². The zero-order valence-corrected chi connectivity index (χ0v) is 8.51. The summed E-state index contributed by atoms with van der Waals surface area (Å²) in [5.74, 6) is -0.158. The minimum absolute atomic E-state index is 0.103. The lowest BCUT2D eigenvalue weighted by Gasteiger charge is -2.31. The Kier molecular flexibility index (Phi) is 4.22. The van der Waals surface area contributed by atoms with Gasteiger partial charge in [0.05, 0.1) is 0 Å². The third-order valence-corrected chi connectivity index (χ3v) is 2.49. The maximum absolute atomic E-state index is 10.8. The van der Waals surface area contributed by atoms with Gasteiger partial charge in [0.15, 0.2) is 0 Å². The highest BCUT2D eigenvalue weighted by Gasteiger charge is 2.26. The van der Waals surface area contributed by atoms with Crippen molar-refractivity contribution in [1.82, 2.24) is 5.32 Å². The molecule has 0 unspecified atom stereocenters. The SMILES string of the molecule is CCN[C@@H]1CCCC[C@H]1OC(C)=O. The molecule has 76 valence electrons. The number of carbonyl (C=O) groups excluding carboxylic acids is 1. The fourth-order valence-corrected chi connectivity index (χ4v) is 1.95. The van der Waals surface area contributed by atoms with Crippen molar-refractivity contribution in [3.63, 3.8) is 0 Å². The predicted octanol–water partition coefficient (Wildman–Crippen LogP) is 1.47. The summed E-state index contributed by atoms with van der Waals surface area (Å²) in [5.41, 5.74) is 0. The molecule has 3 heteroatoms. The summed E-state index contributed by atoms with van der Waals surface area (Å²) in [6.45, 7) is 4.51. The number of esters is 1. The fourth-order valence-electron chi connectivity index (χ4n) is 1.95. The third-order valence-electron chi connectivity index (χ3n) is 2.49. The van der Waals surface area contributed by atoms with Gasteiger partial charge in [-0.15, -0.1) is 0 Å². The Morgan fingerprint density at radius 1 is 1.46 bits per heavy atom. The molecule has 0 spiro atoms. The van der Waals surface area contributed by atoms with Crippen LogP contribution in [0, 0.1) is 0 Å². The smallest absolute Gasteiger partial charge is 0.302 e. The van der Waals surface area contributed by atoms with Crippen LogP contribution >= 0.6 is 0 Å². The molecule has 1 N–H and O–H groups in total. The van der Waals surface area contributed by atoms with Crippen LogP contribution in [0.5, 0.6) is 0 Å². The Hall–Kier alpha value is -0.570. The van der Waals surface area contributed by atoms with Gasteiger partial charge < -0.3 is 10.1 Å². The van der Waals surface area contributed by atoms with E-state index in [-0.39, 0.29) is 12.1 Å². The van der Waals surface area contributed by atoms with Gasteiger partial charge in [-0.25, -0.2) is 0 Å². The lowest BCUT2D eigenvalue weighted by molar-refractivity contribution is -0.149. The van der Waals surface area contributed by atoms with Crippen molar-refractivity contribution >= 4 is 5.97 Å². The zero-order chi connectivity index (χ0) is 9.68. The second kappa shape index (κ2) is 5.22. The molecule has 0 bridgehead atoms. The van der Waals surface area contributed by atoms with Gasteiger partial charge in [0.1, 0.15) is 6.10 Å². The Morgan fingerprint density at radius 3 is 2.77 bits per heavy atom. The summed E-state index contributed by atoms with van der Waals surface area (Å²) in [6, 6.07) is 0.377. The standard InChI is InChI=1S/C10H19NO2/c1-3-11-9-6-4-5-7-10(9)13-8(2)12/h9-11H,3-7H2,1-2H3/t9-,10-/m1/s1. The van der Waals surface area contributed by atoms with Crippen molar-refractivity contribution in [2.24, 2.45) is 0 Å². The molecule has 1 rings (SSSR count). The van der Waals surface area contributed by atoms with Crippen LogP contribution in [-0.2, 0) is 9.53 Å². The van der Waals surface area contributed by atoms with Crippen molar-refractivity contribution in [2.75, 3.05) is 6.54 Å². The average molecular weight is 185 g/mol. The molecule has 1 aliphatic carbocycles. The van der Waals surface area contributed by atoms with Crippen LogP contribution in [0.2, 0.25) is 0 Å². The van der Waals surface area contributed by atoms with E-state index in [4.69, 9.17) is 4.74 Å². The first-order valence-corrected chi connectivity index (χ1v) is 5.14. The topological polar surface area (TPSA) is 38.3 Å². The van der Waals surface area contributed by atoms with Gasteiger partial charge in [-0.1, -0.05) is 13.3 Å². The number of nitrogens with one attached hydrogen (secondary N) is 1. The molecule has 1 saturated carbocycles. The van der Waals surface area contributed by atoms with Crippen molar-refractivity contribution in [1.29, 1.82) is 0 Å². The van der Waals surface area contributed by atoms with Gasteiger partial charge in [-0.2, -0.15) is 0 Å². The molecule has 1 fully saturated rings. The fraction of sp³-hybridized carbons (Fsp3) is 0.900. The highest BCUT2D eigenvalue weighted by molar-refractivity contribution is 5.66. The van der Waals surface area contributed by atoms with Crippen molar-refractivity contribution in [3.8, 4) is 0 Å². The lowest BCUT2D eigenvalue weighted by Crippen LogP contribution is -2.44. The van der Waals surface area contributed by atoms with Crippen LogP contribution in [0.25, 0.3) is 0 Å². The van der Waals surface area contributed by atoms with Crippen LogP contribution < -0.4 is 5.32 Å². The first-order valence-electron chi connectivity index (χ1n) is 5.14. The molecule has 1 aliphatic rings. The average Bonchev–Trinajstić information content (AvgIpc) is 2.08. The number of hydrogen-bond acceptors (Lipinski definition) is 3. The second-order valence-electron chi connectivity index (χ2n) is 3.60. The Bertz CT molecular complexity index is 168. The van der Waals surface area contributed by atoms with E-state index < -0.39 is 0 Å². The largest absolute Gasteiger partial charge is 0.461 e. The van der Waals surface area contributed by atoms with Gasteiger partial charge in [-0.3, -0.25) is 4.79 Å². The van der Waals surface area contributed by atoms with E-state index in [1.54, 1.807) is 0 Å². The summed E-state index contributed by atoms with van der Waals surface area (Å²) in [5, 5.41) is 3.36. The molecule has 0 saturated heterocycles. The first-order chi connectivity index (χ1) is 6.24. The van der Waals surface area contributed by atoms with Gasteiger partial charge in [-0.05, 0) is 25.8 Å². The molecular formula is C10H19NO2. The molecule has 0 aliphatic heterocycles. The van der Waals surface area contributed by atoms with Gasteiger partial charge in [0, 0.05) is 13.0 Å². The molecule has 2 atom stereocenters. The van der Waals surface area contributed by atoms with E-state index in [1.807, 2.05) is 0 Å². The third kappa shape index (κ3) is 3.35. The number of likely N-dealkylation sites (N-methyl/N-ethyl adjacent to an activating group) is 1. The maximum atomic E-state index is 10.8. The van der Waals surface area contributed by atoms with Crippen molar-refractivity contribution in [3.05, 3.63) is 0 Å². The van der Waals surface area contributed by atoms with E-state index in [0.717, 1.165) is 19.4 Å². The number of ether oxygens (including phenoxy) is 1. The van der Waals surface area contributed by atoms with Crippen molar-refractivity contribution in [2.45, 2.75) is 51.7 Å². The summed E-state index contributed by atoms with van der Waals surface area (Å²) < 4.78 is 5.25. The number of carbonyl (C=O) groups is 1. The summed E-state index contributed by atoms with van der Waals surface area (Å²) in [7, 11) is 0. The van der Waals surface area contributed by atoms with E-state index in [0.29, 0.717) is 6.04 Å². The van der Waals surface area contributed by atoms with Crippen LogP contribution in [0.3, 0.4) is 0 Å². The Morgan fingerprint density at radius 2 is 2.15 bits per heavy atom. The maximum Gasteiger partial charge on any atom is 0.302 e. The van der Waals surface area contributed by atoms with Crippen LogP contribution in [-0.4, -0.2) is 24.7 Å². The highest BCUT2D eigenvalue weighted by atomic mass is 16.5. The molecule has 3 nitrogen and oxygen atoms in total. The minimum atomic E-state index is -0.158. The number of hydrogen-bond donors (Lipinski definition) is 1. The normalized spacial score (nSPS) is 28.5. The second-order valence-corrected chi connectivity index (χ2v) is 3.60. The van der Waals surface area contributed by atoms with Crippen LogP contribution in [0.15, 0.2) is 0 Å². The summed E-state index contributed by atoms with van der Waals surface area (Å²) in [6.07, 6.45) is 4.67. The molecule has 0 aromatic heterocycles. The molecule has 0 aromatic rings. The van der Waals surface area contributed by atoms with Crippen molar-refractivity contribution < 1.29 is 9.53 Å².